The summed E-state index contributed by atoms with van der Waals surface area (Å²) < 4.78 is 17.4. The molecule has 0 bridgehead atoms. The summed E-state index contributed by atoms with van der Waals surface area (Å²) in [4.78, 5) is 0. The van der Waals surface area contributed by atoms with E-state index in [9.17, 15) is 5.11 Å². The highest BCUT2D eigenvalue weighted by Gasteiger charge is 2.34. The number of fused-ring (bicyclic) bond motifs is 3. The second-order valence-corrected chi connectivity index (χ2v) is 7.23. The number of benzene rings is 2. The molecule has 0 radical (unpaired) electrons. The van der Waals surface area contributed by atoms with E-state index in [0.29, 0.717) is 18.1 Å². The van der Waals surface area contributed by atoms with Crippen LogP contribution in [0.15, 0.2) is 30.3 Å². The van der Waals surface area contributed by atoms with E-state index in [1.807, 2.05) is 26.8 Å². The topological polar surface area (TPSA) is 47.9 Å². The zero-order valence-corrected chi connectivity index (χ0v) is 16.1. The Kier molecular flexibility index (Phi) is 5.42. The van der Waals surface area contributed by atoms with Gasteiger partial charge >= 0.3 is 0 Å². The lowest BCUT2D eigenvalue weighted by Gasteiger charge is -2.35. The standard InChI is InChI=1S/C22H28O4/c1-5-24-10-6-7-11-25-16-13-19(23)21-17-12-15(2)8-9-18(17)22(3,4)26-20(21)14-16/h8-9,12-14,23H,5-7,10-11H2,1-4H3. The van der Waals surface area contributed by atoms with Gasteiger partial charge in [0.05, 0.1) is 12.2 Å². The molecule has 0 fully saturated rings. The van der Waals surface area contributed by atoms with Gasteiger partial charge in [0, 0.05) is 30.9 Å². The van der Waals surface area contributed by atoms with Gasteiger partial charge in [-0.25, -0.2) is 0 Å². The molecular weight excluding hydrogens is 328 g/mol. The van der Waals surface area contributed by atoms with Gasteiger partial charge < -0.3 is 19.3 Å². The van der Waals surface area contributed by atoms with E-state index in [1.165, 1.54) is 0 Å². The van der Waals surface area contributed by atoms with Crippen LogP contribution in [0.4, 0.5) is 0 Å². The average molecular weight is 356 g/mol. The summed E-state index contributed by atoms with van der Waals surface area (Å²) in [6, 6.07) is 9.81. The van der Waals surface area contributed by atoms with Crippen molar-refractivity contribution >= 4 is 0 Å². The Bertz CT molecular complexity index is 780. The van der Waals surface area contributed by atoms with Crippen LogP contribution in [0.1, 0.15) is 44.7 Å². The molecule has 1 aliphatic rings. The number of rotatable bonds is 7. The summed E-state index contributed by atoms with van der Waals surface area (Å²) >= 11 is 0. The molecular formula is C22H28O4. The van der Waals surface area contributed by atoms with Crippen molar-refractivity contribution in [1.29, 1.82) is 0 Å². The second kappa shape index (κ2) is 7.58. The van der Waals surface area contributed by atoms with Crippen LogP contribution >= 0.6 is 0 Å². The Hall–Kier alpha value is -2.20. The maximum atomic E-state index is 10.6. The average Bonchev–Trinajstić information content (AvgIpc) is 2.56. The molecule has 0 saturated carbocycles. The predicted molar refractivity (Wildman–Crippen MR) is 103 cm³/mol. The monoisotopic (exact) mass is 356 g/mol. The molecule has 3 rings (SSSR count). The van der Waals surface area contributed by atoms with Gasteiger partial charge in [-0.1, -0.05) is 23.8 Å². The minimum atomic E-state index is -0.460. The van der Waals surface area contributed by atoms with E-state index >= 15 is 0 Å². The molecule has 0 aromatic heterocycles. The quantitative estimate of drug-likeness (QED) is 0.694. The van der Waals surface area contributed by atoms with E-state index < -0.39 is 5.60 Å². The Labute approximate surface area is 155 Å². The lowest BCUT2D eigenvalue weighted by molar-refractivity contribution is 0.104. The molecule has 1 N–H and O–H groups in total. The minimum absolute atomic E-state index is 0.189. The van der Waals surface area contributed by atoms with Crippen molar-refractivity contribution in [1.82, 2.24) is 0 Å². The number of aromatic hydroxyl groups is 1. The van der Waals surface area contributed by atoms with E-state index in [1.54, 1.807) is 6.07 Å². The zero-order chi connectivity index (χ0) is 18.7. The van der Waals surface area contributed by atoms with Gasteiger partial charge in [-0.15, -0.1) is 0 Å². The summed E-state index contributed by atoms with van der Waals surface area (Å²) in [7, 11) is 0. The van der Waals surface area contributed by atoms with Crippen LogP contribution in [-0.4, -0.2) is 24.9 Å². The van der Waals surface area contributed by atoms with Gasteiger partial charge in [-0.3, -0.25) is 0 Å². The number of phenolic OH excluding ortho intramolecular Hbond substituents is 1. The fraction of sp³-hybridized carbons (Fsp3) is 0.455. The van der Waals surface area contributed by atoms with Crippen molar-refractivity contribution in [3.8, 4) is 28.4 Å². The highest BCUT2D eigenvalue weighted by Crippen LogP contribution is 2.50. The van der Waals surface area contributed by atoms with E-state index in [2.05, 4.69) is 25.1 Å². The first kappa shape index (κ1) is 18.6. The number of hydrogen-bond acceptors (Lipinski definition) is 4. The molecule has 0 spiro atoms. The number of phenols is 1. The highest BCUT2D eigenvalue weighted by molar-refractivity contribution is 5.82. The summed E-state index contributed by atoms with van der Waals surface area (Å²) in [5.74, 6) is 1.48. The van der Waals surface area contributed by atoms with Crippen LogP contribution in [0.3, 0.4) is 0 Å². The first-order chi connectivity index (χ1) is 12.4. The van der Waals surface area contributed by atoms with Crippen molar-refractivity contribution in [3.63, 3.8) is 0 Å². The Balaban J connectivity index is 1.83. The SMILES string of the molecule is CCOCCCCOc1cc(O)c2c(c1)OC(C)(C)c1ccc(C)cc1-2. The number of hydrogen-bond donors (Lipinski definition) is 1. The fourth-order valence-electron chi connectivity index (χ4n) is 3.37. The van der Waals surface area contributed by atoms with Crippen molar-refractivity contribution in [2.75, 3.05) is 19.8 Å². The molecule has 0 unspecified atom stereocenters. The third kappa shape index (κ3) is 3.80. The van der Waals surface area contributed by atoms with Crippen LogP contribution in [0.5, 0.6) is 17.2 Å². The maximum absolute atomic E-state index is 10.6. The number of ether oxygens (including phenoxy) is 3. The number of unbranched alkanes of at least 4 members (excludes halogenated alkanes) is 1. The number of aryl methyl sites for hydroxylation is 1. The van der Waals surface area contributed by atoms with Crippen molar-refractivity contribution < 1.29 is 19.3 Å². The summed E-state index contributed by atoms with van der Waals surface area (Å²) in [6.45, 7) is 10.2. The molecule has 4 heteroatoms. The predicted octanol–water partition coefficient (Wildman–Crippen LogP) is 5.19. The van der Waals surface area contributed by atoms with Gasteiger partial charge in [0.2, 0.25) is 0 Å². The molecule has 0 aliphatic carbocycles. The summed E-state index contributed by atoms with van der Waals surface area (Å²) in [5.41, 5.74) is 3.54. The molecule has 4 nitrogen and oxygen atoms in total. The van der Waals surface area contributed by atoms with Gasteiger partial charge in [0.1, 0.15) is 22.8 Å². The molecule has 0 saturated heterocycles. The lowest BCUT2D eigenvalue weighted by Crippen LogP contribution is -2.29. The van der Waals surface area contributed by atoms with E-state index in [-0.39, 0.29) is 5.75 Å². The maximum Gasteiger partial charge on any atom is 0.135 e. The molecule has 140 valence electrons. The normalized spacial score (nSPS) is 14.3. The van der Waals surface area contributed by atoms with Crippen LogP contribution in [0.25, 0.3) is 11.1 Å². The first-order valence-corrected chi connectivity index (χ1v) is 9.30. The molecule has 1 aliphatic heterocycles. The Morgan fingerprint density at radius 2 is 1.85 bits per heavy atom. The van der Waals surface area contributed by atoms with Gasteiger partial charge in [-0.05, 0) is 46.1 Å². The Morgan fingerprint density at radius 3 is 2.62 bits per heavy atom. The fourth-order valence-corrected chi connectivity index (χ4v) is 3.37. The van der Waals surface area contributed by atoms with Crippen LogP contribution in [0, 0.1) is 6.92 Å². The van der Waals surface area contributed by atoms with Crippen LogP contribution < -0.4 is 9.47 Å². The van der Waals surface area contributed by atoms with E-state index in [0.717, 1.165) is 48.3 Å². The molecule has 0 atom stereocenters. The summed E-state index contributed by atoms with van der Waals surface area (Å²) in [5, 5.41) is 10.6. The molecule has 2 aromatic carbocycles. The van der Waals surface area contributed by atoms with Gasteiger partial charge in [0.15, 0.2) is 0 Å². The molecule has 1 heterocycles. The third-order valence-electron chi connectivity index (χ3n) is 4.67. The largest absolute Gasteiger partial charge is 0.507 e. The highest BCUT2D eigenvalue weighted by atomic mass is 16.5. The molecule has 0 amide bonds. The van der Waals surface area contributed by atoms with Crippen LogP contribution in [0.2, 0.25) is 0 Å². The van der Waals surface area contributed by atoms with Crippen molar-refractivity contribution in [2.45, 2.75) is 46.1 Å². The Morgan fingerprint density at radius 1 is 1.08 bits per heavy atom. The van der Waals surface area contributed by atoms with Gasteiger partial charge in [0.25, 0.3) is 0 Å². The van der Waals surface area contributed by atoms with Crippen LogP contribution in [-0.2, 0) is 10.3 Å². The first-order valence-electron chi connectivity index (χ1n) is 9.30. The van der Waals surface area contributed by atoms with Crippen molar-refractivity contribution in [3.05, 3.63) is 41.5 Å². The molecule has 26 heavy (non-hydrogen) atoms. The van der Waals surface area contributed by atoms with Gasteiger partial charge in [-0.2, -0.15) is 0 Å². The lowest BCUT2D eigenvalue weighted by atomic mass is 9.85. The molecule has 2 aromatic rings. The minimum Gasteiger partial charge on any atom is -0.507 e. The zero-order valence-electron chi connectivity index (χ0n) is 16.1. The third-order valence-corrected chi connectivity index (χ3v) is 4.67. The summed E-state index contributed by atoms with van der Waals surface area (Å²) in [6.07, 6.45) is 1.87. The second-order valence-electron chi connectivity index (χ2n) is 7.23. The van der Waals surface area contributed by atoms with E-state index in [4.69, 9.17) is 14.2 Å². The van der Waals surface area contributed by atoms with Crippen molar-refractivity contribution in [2.24, 2.45) is 0 Å². The smallest absolute Gasteiger partial charge is 0.135 e.